The van der Waals surface area contributed by atoms with Gasteiger partial charge in [0.05, 0.1) is 6.04 Å². The van der Waals surface area contributed by atoms with Crippen molar-refractivity contribution in [2.75, 3.05) is 32.1 Å². The van der Waals surface area contributed by atoms with Crippen LogP contribution in [0.5, 0.6) is 0 Å². The Morgan fingerprint density at radius 2 is 1.82 bits per heavy atom. The highest BCUT2D eigenvalue weighted by Gasteiger charge is 2.28. The van der Waals surface area contributed by atoms with Gasteiger partial charge < -0.3 is 9.80 Å². The van der Waals surface area contributed by atoms with Gasteiger partial charge in [0.15, 0.2) is 0 Å². The number of anilines is 1. The van der Waals surface area contributed by atoms with Crippen LogP contribution in [0.1, 0.15) is 23.6 Å². The summed E-state index contributed by atoms with van der Waals surface area (Å²) in [5, 5.41) is 0. The summed E-state index contributed by atoms with van der Waals surface area (Å²) in [5.74, 6) is 1.08. The predicted molar refractivity (Wildman–Crippen MR) is 94.9 cm³/mol. The number of likely N-dealkylation sites (N-methyl/N-ethyl adjacent to an activating group) is 1. The molecular formula is C18H24ClN3. The first-order valence-electron chi connectivity index (χ1n) is 7.66. The minimum absolute atomic E-state index is 0. The molecule has 1 heterocycles. The Kier molecular flexibility index (Phi) is 5.81. The predicted octanol–water partition coefficient (Wildman–Crippen LogP) is 3.56. The quantitative estimate of drug-likeness (QED) is 0.840. The molecule has 0 amide bonds. The fraction of sp³-hybridized carbons (Fsp3) is 0.389. The van der Waals surface area contributed by atoms with Crippen molar-refractivity contribution < 1.29 is 0 Å². The molecule has 4 heteroatoms. The molecule has 0 N–H and O–H groups in total. The summed E-state index contributed by atoms with van der Waals surface area (Å²) < 4.78 is 0. The van der Waals surface area contributed by atoms with E-state index in [-0.39, 0.29) is 12.4 Å². The normalized spacial score (nSPS) is 16.2. The van der Waals surface area contributed by atoms with Gasteiger partial charge in [-0.1, -0.05) is 30.3 Å². The molecule has 0 spiro atoms. The Morgan fingerprint density at radius 3 is 2.55 bits per heavy atom. The Morgan fingerprint density at radius 1 is 1.05 bits per heavy atom. The highest BCUT2D eigenvalue weighted by Crippen LogP contribution is 2.37. The van der Waals surface area contributed by atoms with Gasteiger partial charge in [-0.05, 0) is 50.2 Å². The number of benzene rings is 1. The summed E-state index contributed by atoms with van der Waals surface area (Å²) in [4.78, 5) is 9.28. The Bertz CT molecular complexity index is 586. The summed E-state index contributed by atoms with van der Waals surface area (Å²) in [6.07, 6.45) is 4.24. The van der Waals surface area contributed by atoms with Gasteiger partial charge in [0.2, 0.25) is 0 Å². The second kappa shape index (κ2) is 7.61. The lowest BCUT2D eigenvalue weighted by atomic mass is 10.1. The lowest BCUT2D eigenvalue weighted by molar-refractivity contribution is 0.403. The largest absolute Gasteiger partial charge is 0.348 e. The Balaban J connectivity index is 0.00000176. The number of rotatable bonds is 5. The number of aryl methyl sites for hydroxylation is 1. The number of aromatic nitrogens is 1. The van der Waals surface area contributed by atoms with Gasteiger partial charge in [-0.25, -0.2) is 4.98 Å². The molecule has 118 valence electrons. The van der Waals surface area contributed by atoms with E-state index in [1.165, 1.54) is 24.0 Å². The molecule has 0 aliphatic heterocycles. The maximum atomic E-state index is 4.58. The van der Waals surface area contributed by atoms with E-state index in [1.807, 2.05) is 12.3 Å². The van der Waals surface area contributed by atoms with E-state index in [4.69, 9.17) is 0 Å². The van der Waals surface area contributed by atoms with Crippen molar-refractivity contribution in [2.45, 2.75) is 18.9 Å². The van der Waals surface area contributed by atoms with Gasteiger partial charge in [-0.3, -0.25) is 0 Å². The molecule has 1 aromatic heterocycles. The number of hydrogen-bond acceptors (Lipinski definition) is 3. The van der Waals surface area contributed by atoms with E-state index in [0.29, 0.717) is 6.04 Å². The van der Waals surface area contributed by atoms with Crippen molar-refractivity contribution in [1.82, 2.24) is 9.88 Å². The van der Waals surface area contributed by atoms with E-state index in [1.54, 1.807) is 0 Å². The number of halogens is 1. The molecular weight excluding hydrogens is 294 g/mol. The van der Waals surface area contributed by atoms with Crippen LogP contribution in [0.2, 0.25) is 0 Å². The molecule has 0 saturated carbocycles. The molecule has 1 aromatic carbocycles. The third-order valence-electron chi connectivity index (χ3n) is 4.21. The maximum absolute atomic E-state index is 4.58. The average molecular weight is 318 g/mol. The van der Waals surface area contributed by atoms with Crippen LogP contribution in [-0.2, 0) is 6.42 Å². The van der Waals surface area contributed by atoms with Crippen LogP contribution in [-0.4, -0.2) is 37.1 Å². The first-order valence-corrected chi connectivity index (χ1v) is 7.66. The summed E-state index contributed by atoms with van der Waals surface area (Å²) in [7, 11) is 4.25. The van der Waals surface area contributed by atoms with Gasteiger partial charge in [-0.2, -0.15) is 0 Å². The highest BCUT2D eigenvalue weighted by atomic mass is 35.5. The van der Waals surface area contributed by atoms with Gasteiger partial charge in [-0.15, -0.1) is 12.4 Å². The fourth-order valence-electron chi connectivity index (χ4n) is 3.12. The molecule has 0 radical (unpaired) electrons. The molecule has 22 heavy (non-hydrogen) atoms. The summed E-state index contributed by atoms with van der Waals surface area (Å²) in [5.41, 5.74) is 2.97. The van der Waals surface area contributed by atoms with E-state index in [9.17, 15) is 0 Å². The lowest BCUT2D eigenvalue weighted by Crippen LogP contribution is -2.34. The number of nitrogens with zero attached hydrogens (tertiary/aromatic N) is 3. The summed E-state index contributed by atoms with van der Waals surface area (Å²) in [6.45, 7) is 2.04. The smallest absolute Gasteiger partial charge is 0.129 e. The van der Waals surface area contributed by atoms with Crippen LogP contribution >= 0.6 is 12.4 Å². The highest BCUT2D eigenvalue weighted by molar-refractivity contribution is 5.85. The van der Waals surface area contributed by atoms with Gasteiger partial charge in [0.25, 0.3) is 0 Å². The molecule has 3 rings (SSSR count). The second-order valence-electron chi connectivity index (χ2n) is 5.94. The summed E-state index contributed by atoms with van der Waals surface area (Å²) >= 11 is 0. The van der Waals surface area contributed by atoms with Crippen LogP contribution in [0.3, 0.4) is 0 Å². The van der Waals surface area contributed by atoms with E-state index in [0.717, 1.165) is 18.9 Å². The van der Waals surface area contributed by atoms with Crippen molar-refractivity contribution in [3.05, 3.63) is 59.8 Å². The van der Waals surface area contributed by atoms with Crippen LogP contribution in [0.25, 0.3) is 0 Å². The van der Waals surface area contributed by atoms with E-state index < -0.39 is 0 Å². The molecule has 1 aliphatic carbocycles. The van der Waals surface area contributed by atoms with Crippen molar-refractivity contribution in [2.24, 2.45) is 0 Å². The fourth-order valence-corrected chi connectivity index (χ4v) is 3.12. The molecule has 0 bridgehead atoms. The number of hydrogen-bond donors (Lipinski definition) is 0. The Labute approximate surface area is 139 Å². The standard InChI is InChI=1S/C18H23N3.ClH/c1-20(2)13-14-21(18-9-5-6-12-19-18)17-11-10-15-7-3-4-8-16(15)17;/h3-9,12,17H,10-11,13-14H2,1-2H3;1H. The van der Waals surface area contributed by atoms with Crippen LogP contribution in [0.15, 0.2) is 48.7 Å². The zero-order valence-corrected chi connectivity index (χ0v) is 14.1. The minimum Gasteiger partial charge on any atom is -0.348 e. The first-order chi connectivity index (χ1) is 10.3. The van der Waals surface area contributed by atoms with Crippen molar-refractivity contribution >= 4 is 18.2 Å². The molecule has 1 unspecified atom stereocenters. The van der Waals surface area contributed by atoms with Crippen LogP contribution in [0.4, 0.5) is 5.82 Å². The number of pyridine rings is 1. The molecule has 1 atom stereocenters. The van der Waals surface area contributed by atoms with Crippen LogP contribution in [0, 0.1) is 0 Å². The first kappa shape index (κ1) is 16.8. The lowest BCUT2D eigenvalue weighted by Gasteiger charge is -2.32. The Hall–Kier alpha value is -1.58. The molecule has 0 saturated heterocycles. The topological polar surface area (TPSA) is 19.4 Å². The molecule has 1 aliphatic rings. The van der Waals surface area contributed by atoms with E-state index >= 15 is 0 Å². The van der Waals surface area contributed by atoms with Gasteiger partial charge in [0, 0.05) is 19.3 Å². The van der Waals surface area contributed by atoms with Gasteiger partial charge in [0.1, 0.15) is 5.82 Å². The van der Waals surface area contributed by atoms with E-state index in [2.05, 4.69) is 65.3 Å². The SMILES string of the molecule is CN(C)CCN(c1ccccn1)C1CCc2ccccc21.Cl. The molecule has 3 nitrogen and oxygen atoms in total. The van der Waals surface area contributed by atoms with Crippen molar-refractivity contribution in [1.29, 1.82) is 0 Å². The maximum Gasteiger partial charge on any atom is 0.129 e. The minimum atomic E-state index is 0. The monoisotopic (exact) mass is 317 g/mol. The van der Waals surface area contributed by atoms with Crippen molar-refractivity contribution in [3.8, 4) is 0 Å². The zero-order chi connectivity index (χ0) is 14.7. The molecule has 2 aromatic rings. The van der Waals surface area contributed by atoms with Gasteiger partial charge >= 0.3 is 0 Å². The van der Waals surface area contributed by atoms with Crippen molar-refractivity contribution in [3.63, 3.8) is 0 Å². The van der Waals surface area contributed by atoms with Crippen LogP contribution < -0.4 is 4.90 Å². The third kappa shape index (κ3) is 3.60. The second-order valence-corrected chi connectivity index (χ2v) is 5.94. The zero-order valence-electron chi connectivity index (χ0n) is 13.3. The average Bonchev–Trinajstić information content (AvgIpc) is 2.93. The molecule has 0 fully saturated rings. The third-order valence-corrected chi connectivity index (χ3v) is 4.21. The summed E-state index contributed by atoms with van der Waals surface area (Å²) in [6, 6.07) is 15.5. The number of fused-ring (bicyclic) bond motifs is 1.